The Morgan fingerprint density at radius 1 is 1.21 bits per heavy atom. The first-order chi connectivity index (χ1) is 15.9. The summed E-state index contributed by atoms with van der Waals surface area (Å²) in [7, 11) is 0. The zero-order chi connectivity index (χ0) is 25.6. The number of esters is 2. The molecule has 11 heteroatoms. The van der Waals surface area contributed by atoms with Crippen molar-refractivity contribution in [2.75, 3.05) is 18.0 Å². The van der Waals surface area contributed by atoms with Gasteiger partial charge < -0.3 is 20.3 Å². The fraction of sp³-hybridized carbons (Fsp3) is 0.478. The minimum absolute atomic E-state index is 0.164. The summed E-state index contributed by atoms with van der Waals surface area (Å²) in [5, 5.41) is 0. The second-order valence-electron chi connectivity index (χ2n) is 8.03. The van der Waals surface area contributed by atoms with Crippen molar-refractivity contribution in [1.29, 1.82) is 0 Å². The number of nitrogens with two attached hydrogens (primary N) is 1. The van der Waals surface area contributed by atoms with Gasteiger partial charge in [-0.25, -0.2) is 4.79 Å². The summed E-state index contributed by atoms with van der Waals surface area (Å²) in [4.78, 5) is 51.7. The van der Waals surface area contributed by atoms with Gasteiger partial charge >= 0.3 is 18.1 Å². The van der Waals surface area contributed by atoms with Crippen molar-refractivity contribution >= 4 is 29.4 Å². The third-order valence-corrected chi connectivity index (χ3v) is 5.01. The van der Waals surface area contributed by atoms with Gasteiger partial charge in [0.1, 0.15) is 6.54 Å². The molecule has 2 amide bonds. The number of rotatable bonds is 6. The second-order valence-corrected chi connectivity index (χ2v) is 8.03. The highest BCUT2D eigenvalue weighted by Crippen LogP contribution is 2.30. The highest BCUT2D eigenvalue weighted by Gasteiger charge is 2.43. The van der Waals surface area contributed by atoms with Crippen molar-refractivity contribution in [2.24, 2.45) is 5.73 Å². The lowest BCUT2D eigenvalue weighted by Gasteiger charge is -2.28. The van der Waals surface area contributed by atoms with Gasteiger partial charge in [-0.15, -0.1) is 0 Å². The van der Waals surface area contributed by atoms with Gasteiger partial charge in [-0.1, -0.05) is 11.8 Å². The van der Waals surface area contributed by atoms with Crippen LogP contribution in [0.1, 0.15) is 56.0 Å². The molecular weight excluding hydrogens is 455 g/mol. The lowest BCUT2D eigenvalue weighted by atomic mass is 10.0. The third-order valence-electron chi connectivity index (χ3n) is 5.01. The molecule has 0 spiro atoms. The number of anilines is 1. The second kappa shape index (κ2) is 11.2. The van der Waals surface area contributed by atoms with Gasteiger partial charge in [-0.2, -0.15) is 13.2 Å². The molecule has 2 N–H and O–H groups in total. The predicted octanol–water partition coefficient (Wildman–Crippen LogP) is 2.38. The van der Waals surface area contributed by atoms with Gasteiger partial charge in [0.25, 0.3) is 5.91 Å². The maximum absolute atomic E-state index is 13.4. The number of amides is 2. The van der Waals surface area contributed by atoms with Crippen LogP contribution >= 0.6 is 0 Å². The molecule has 1 unspecified atom stereocenters. The quantitative estimate of drug-likeness (QED) is 0.289. The van der Waals surface area contributed by atoms with Gasteiger partial charge in [0.15, 0.2) is 0 Å². The van der Waals surface area contributed by atoms with E-state index < -0.39 is 48.9 Å². The van der Waals surface area contributed by atoms with Gasteiger partial charge in [-0.3, -0.25) is 14.4 Å². The minimum Gasteiger partial charge on any atom is -0.386 e. The summed E-state index contributed by atoms with van der Waals surface area (Å²) in [6.45, 7) is 5.00. The highest BCUT2D eigenvalue weighted by atomic mass is 19.4. The van der Waals surface area contributed by atoms with E-state index >= 15 is 0 Å². The number of unbranched alkanes of at least 4 members (excludes halogenated alkanes) is 1. The highest BCUT2D eigenvalue weighted by molar-refractivity contribution is 6.10. The average molecular weight is 481 g/mol. The number of carbonyl (C=O) groups excluding carboxylic acids is 4. The lowest BCUT2D eigenvalue weighted by Crippen LogP contribution is -2.46. The summed E-state index contributed by atoms with van der Waals surface area (Å²) in [5.74, 6) is 0.760. The van der Waals surface area contributed by atoms with E-state index in [4.69, 9.17) is 5.73 Å². The summed E-state index contributed by atoms with van der Waals surface area (Å²) in [5.41, 5.74) is 6.51. The van der Waals surface area contributed by atoms with Crippen LogP contribution in [0.25, 0.3) is 0 Å². The van der Waals surface area contributed by atoms with Crippen LogP contribution in [-0.4, -0.2) is 60.0 Å². The molecule has 8 nitrogen and oxygen atoms in total. The van der Waals surface area contributed by atoms with Crippen molar-refractivity contribution < 1.29 is 37.1 Å². The molecule has 1 atom stereocenters. The minimum atomic E-state index is -5.33. The molecule has 0 bridgehead atoms. The molecule has 34 heavy (non-hydrogen) atoms. The number of carbonyl (C=O) groups is 4. The van der Waals surface area contributed by atoms with Gasteiger partial charge in [0.2, 0.25) is 5.91 Å². The van der Waals surface area contributed by atoms with Crippen LogP contribution in [0.4, 0.5) is 18.9 Å². The van der Waals surface area contributed by atoms with Gasteiger partial charge in [0.05, 0.1) is 17.7 Å². The molecule has 0 fully saturated rings. The van der Waals surface area contributed by atoms with Crippen LogP contribution in [0, 0.1) is 11.8 Å². The first-order valence-electron chi connectivity index (χ1n) is 10.6. The van der Waals surface area contributed by atoms with Crippen molar-refractivity contribution in [3.63, 3.8) is 0 Å². The normalized spacial score (nSPS) is 14.8. The van der Waals surface area contributed by atoms with E-state index in [0.29, 0.717) is 30.6 Å². The molecule has 0 radical (unpaired) electrons. The van der Waals surface area contributed by atoms with Crippen LogP contribution in [0.15, 0.2) is 18.2 Å². The largest absolute Gasteiger partial charge is 0.491 e. The standard InChI is InChI=1S/C23H26F3N3O5/c1-14(2)29-18-9-8-16(7-5-4-6-10-27)12-17(18)21(32)28(13-19(29)30)15(3)11-20(31)34-22(33)23(24,25)26/h8-9,12,14-15H,4,6,10-11,13,27H2,1-3H3. The van der Waals surface area contributed by atoms with E-state index in [1.807, 2.05) is 0 Å². The summed E-state index contributed by atoms with van der Waals surface area (Å²) in [6.07, 6.45) is -4.76. The fourth-order valence-corrected chi connectivity index (χ4v) is 3.41. The molecule has 1 aromatic rings. The zero-order valence-corrected chi connectivity index (χ0v) is 19.1. The maximum Gasteiger partial charge on any atom is 0.491 e. The van der Waals surface area contributed by atoms with E-state index in [-0.39, 0.29) is 11.6 Å². The van der Waals surface area contributed by atoms with Crippen LogP contribution < -0.4 is 10.6 Å². The van der Waals surface area contributed by atoms with E-state index in [2.05, 4.69) is 16.6 Å². The maximum atomic E-state index is 13.4. The Balaban J connectivity index is 2.36. The van der Waals surface area contributed by atoms with Crippen molar-refractivity contribution in [3.8, 4) is 11.8 Å². The van der Waals surface area contributed by atoms with Crippen LogP contribution in [-0.2, 0) is 19.1 Å². The number of halogens is 3. The molecule has 0 saturated carbocycles. The van der Waals surface area contributed by atoms with Gasteiger partial charge in [-0.05, 0) is 51.9 Å². The number of hydrogen-bond donors (Lipinski definition) is 1. The predicted molar refractivity (Wildman–Crippen MR) is 116 cm³/mol. The Morgan fingerprint density at radius 3 is 2.47 bits per heavy atom. The van der Waals surface area contributed by atoms with Crippen molar-refractivity contribution in [1.82, 2.24) is 4.90 Å². The Labute approximate surface area is 195 Å². The van der Waals surface area contributed by atoms with E-state index in [9.17, 15) is 32.3 Å². The number of nitrogens with zero attached hydrogens (tertiary/aromatic N) is 2. The summed E-state index contributed by atoms with van der Waals surface area (Å²) in [6, 6.07) is 3.51. The lowest BCUT2D eigenvalue weighted by molar-refractivity contribution is -0.202. The number of fused-ring (bicyclic) bond motifs is 1. The molecule has 0 aromatic heterocycles. The molecule has 0 saturated heterocycles. The Hall–Kier alpha value is -3.39. The molecule has 1 heterocycles. The Morgan fingerprint density at radius 2 is 1.88 bits per heavy atom. The van der Waals surface area contributed by atoms with E-state index in [1.165, 1.54) is 17.9 Å². The Bertz CT molecular complexity index is 1030. The van der Waals surface area contributed by atoms with Crippen LogP contribution in [0.3, 0.4) is 0 Å². The molecule has 1 aliphatic heterocycles. The monoisotopic (exact) mass is 481 g/mol. The molecule has 1 aliphatic rings. The smallest absolute Gasteiger partial charge is 0.386 e. The number of alkyl halides is 3. The van der Waals surface area contributed by atoms with Crippen molar-refractivity contribution in [2.45, 2.75) is 58.3 Å². The van der Waals surface area contributed by atoms with Gasteiger partial charge in [0, 0.05) is 24.1 Å². The third kappa shape index (κ3) is 6.57. The summed E-state index contributed by atoms with van der Waals surface area (Å²) >= 11 is 0. The van der Waals surface area contributed by atoms with Crippen LogP contribution in [0.2, 0.25) is 0 Å². The number of benzene rings is 1. The molecule has 1 aromatic carbocycles. The molecular formula is C23H26F3N3O5. The first kappa shape index (κ1) is 26.9. The molecule has 2 rings (SSSR count). The first-order valence-corrected chi connectivity index (χ1v) is 10.6. The molecule has 184 valence electrons. The SMILES string of the molecule is CC(CC(=O)OC(=O)C(F)(F)F)N1CC(=O)N(C(C)C)c2ccc(C#CCCCN)cc2C1=O. The number of hydrogen-bond acceptors (Lipinski definition) is 6. The van der Waals surface area contributed by atoms with E-state index in [0.717, 1.165) is 4.90 Å². The topological polar surface area (TPSA) is 110 Å². The average Bonchev–Trinajstić information content (AvgIpc) is 2.84. The molecule has 0 aliphatic carbocycles. The fourth-order valence-electron chi connectivity index (χ4n) is 3.41. The van der Waals surface area contributed by atoms with Crippen molar-refractivity contribution in [3.05, 3.63) is 29.3 Å². The summed E-state index contributed by atoms with van der Waals surface area (Å²) < 4.78 is 40.9. The Kier molecular flexibility index (Phi) is 8.81. The zero-order valence-electron chi connectivity index (χ0n) is 19.1. The van der Waals surface area contributed by atoms with E-state index in [1.54, 1.807) is 26.0 Å². The van der Waals surface area contributed by atoms with Crippen LogP contribution in [0.5, 0.6) is 0 Å². The number of ether oxygens (including phenoxy) is 1.